The van der Waals surface area contributed by atoms with Crippen LogP contribution in [0.25, 0.3) is 0 Å². The third kappa shape index (κ3) is 6.50. The summed E-state index contributed by atoms with van der Waals surface area (Å²) in [5, 5.41) is 3.20. The quantitative estimate of drug-likeness (QED) is 0.632. The second kappa shape index (κ2) is 8.72. The van der Waals surface area contributed by atoms with E-state index in [4.69, 9.17) is 4.74 Å². The van der Waals surface area contributed by atoms with Crippen molar-refractivity contribution >= 4 is 5.97 Å². The van der Waals surface area contributed by atoms with Crippen LogP contribution in [0.1, 0.15) is 46.5 Å². The van der Waals surface area contributed by atoms with Crippen molar-refractivity contribution < 1.29 is 9.53 Å². The monoisotopic (exact) mass is 215 g/mol. The van der Waals surface area contributed by atoms with Crippen LogP contribution in [0.5, 0.6) is 0 Å². The number of unbranched alkanes of at least 4 members (excludes halogenated alkanes) is 1. The summed E-state index contributed by atoms with van der Waals surface area (Å²) in [6.45, 7) is 6.69. The molecule has 2 atom stereocenters. The van der Waals surface area contributed by atoms with E-state index in [1.54, 1.807) is 0 Å². The van der Waals surface area contributed by atoms with E-state index >= 15 is 0 Å². The Morgan fingerprint density at radius 2 is 2.07 bits per heavy atom. The molecule has 2 unspecified atom stereocenters. The number of carbonyl (C=O) groups excluding carboxylic acids is 1. The molecule has 0 saturated heterocycles. The number of hydrogen-bond acceptors (Lipinski definition) is 3. The number of hydrogen-bond donors (Lipinski definition) is 1. The van der Waals surface area contributed by atoms with Crippen LogP contribution in [0.3, 0.4) is 0 Å². The molecular formula is C12H25NO2. The highest BCUT2D eigenvalue weighted by atomic mass is 16.5. The number of nitrogens with one attached hydrogen (secondary N) is 1. The zero-order valence-corrected chi connectivity index (χ0v) is 10.5. The van der Waals surface area contributed by atoms with Crippen LogP contribution in [-0.4, -0.2) is 25.7 Å². The van der Waals surface area contributed by atoms with Crippen molar-refractivity contribution in [3.8, 4) is 0 Å². The first kappa shape index (κ1) is 14.4. The molecule has 0 spiro atoms. The van der Waals surface area contributed by atoms with E-state index < -0.39 is 0 Å². The molecule has 0 aromatic heterocycles. The van der Waals surface area contributed by atoms with E-state index in [9.17, 15) is 4.79 Å². The van der Waals surface area contributed by atoms with Gasteiger partial charge in [-0.2, -0.15) is 0 Å². The lowest BCUT2D eigenvalue weighted by molar-refractivity contribution is -0.144. The molecule has 0 aliphatic heterocycles. The Morgan fingerprint density at radius 3 is 2.53 bits per heavy atom. The average Bonchev–Trinajstić information content (AvgIpc) is 2.22. The van der Waals surface area contributed by atoms with E-state index in [1.807, 2.05) is 14.0 Å². The van der Waals surface area contributed by atoms with Gasteiger partial charge in [-0.25, -0.2) is 0 Å². The van der Waals surface area contributed by atoms with Gasteiger partial charge in [-0.05, 0) is 26.3 Å². The molecule has 0 aliphatic rings. The summed E-state index contributed by atoms with van der Waals surface area (Å²) in [6.07, 6.45) is 4.08. The third-order valence-corrected chi connectivity index (χ3v) is 2.76. The number of rotatable bonds is 8. The Hall–Kier alpha value is -0.570. The maximum Gasteiger partial charge on any atom is 0.307 e. The van der Waals surface area contributed by atoms with Crippen molar-refractivity contribution in [2.45, 2.75) is 52.5 Å². The normalized spacial score (nSPS) is 14.7. The van der Waals surface area contributed by atoms with E-state index in [-0.39, 0.29) is 12.0 Å². The topological polar surface area (TPSA) is 38.3 Å². The molecule has 0 bridgehead atoms. The SMILES string of the molecule is CCCCC(C)C(CC(=O)OCC)NC. The van der Waals surface area contributed by atoms with Gasteiger partial charge >= 0.3 is 5.97 Å². The molecule has 0 aromatic rings. The summed E-state index contributed by atoms with van der Waals surface area (Å²) in [5.74, 6) is 0.430. The van der Waals surface area contributed by atoms with Crippen molar-refractivity contribution in [1.82, 2.24) is 5.32 Å². The molecule has 0 saturated carbocycles. The Balaban J connectivity index is 3.93. The van der Waals surface area contributed by atoms with Crippen LogP contribution in [-0.2, 0) is 9.53 Å². The highest BCUT2D eigenvalue weighted by Gasteiger charge is 2.18. The highest BCUT2D eigenvalue weighted by Crippen LogP contribution is 2.15. The van der Waals surface area contributed by atoms with E-state index in [0.717, 1.165) is 0 Å². The number of esters is 1. The second-order valence-electron chi connectivity index (χ2n) is 4.02. The third-order valence-electron chi connectivity index (χ3n) is 2.76. The van der Waals surface area contributed by atoms with Crippen molar-refractivity contribution in [2.75, 3.05) is 13.7 Å². The van der Waals surface area contributed by atoms with Gasteiger partial charge in [0.25, 0.3) is 0 Å². The fraction of sp³-hybridized carbons (Fsp3) is 0.917. The maximum absolute atomic E-state index is 11.3. The molecule has 0 fully saturated rings. The van der Waals surface area contributed by atoms with Crippen LogP contribution >= 0.6 is 0 Å². The van der Waals surface area contributed by atoms with Gasteiger partial charge in [0, 0.05) is 6.04 Å². The highest BCUT2D eigenvalue weighted by molar-refractivity contribution is 5.70. The molecule has 0 heterocycles. The minimum atomic E-state index is -0.0970. The van der Waals surface area contributed by atoms with Crippen LogP contribution in [0.15, 0.2) is 0 Å². The first-order valence-corrected chi connectivity index (χ1v) is 5.98. The first-order chi connectivity index (χ1) is 7.15. The minimum absolute atomic E-state index is 0.0970. The fourth-order valence-electron chi connectivity index (χ4n) is 1.71. The molecule has 90 valence electrons. The smallest absolute Gasteiger partial charge is 0.307 e. The lowest BCUT2D eigenvalue weighted by atomic mass is 9.94. The summed E-state index contributed by atoms with van der Waals surface area (Å²) in [6, 6.07) is 0.246. The van der Waals surface area contributed by atoms with E-state index in [2.05, 4.69) is 19.2 Å². The molecule has 0 aromatic carbocycles. The first-order valence-electron chi connectivity index (χ1n) is 5.98. The average molecular weight is 215 g/mol. The lowest BCUT2D eigenvalue weighted by Crippen LogP contribution is -2.34. The van der Waals surface area contributed by atoms with Crippen molar-refractivity contribution in [1.29, 1.82) is 0 Å². The van der Waals surface area contributed by atoms with Crippen LogP contribution in [0.4, 0.5) is 0 Å². The van der Waals surface area contributed by atoms with Crippen molar-refractivity contribution in [2.24, 2.45) is 5.92 Å². The molecule has 3 nitrogen and oxygen atoms in total. The largest absolute Gasteiger partial charge is 0.466 e. The van der Waals surface area contributed by atoms with E-state index in [1.165, 1.54) is 19.3 Å². The van der Waals surface area contributed by atoms with Gasteiger partial charge in [-0.1, -0.05) is 26.7 Å². The fourth-order valence-corrected chi connectivity index (χ4v) is 1.71. The summed E-state index contributed by atoms with van der Waals surface area (Å²) < 4.78 is 4.95. The van der Waals surface area contributed by atoms with Gasteiger partial charge in [0.1, 0.15) is 0 Å². The standard InChI is InChI=1S/C12H25NO2/c1-5-7-8-10(3)11(13-4)9-12(14)15-6-2/h10-11,13H,5-9H2,1-4H3. The van der Waals surface area contributed by atoms with Gasteiger partial charge in [0.05, 0.1) is 13.0 Å². The number of carbonyl (C=O) groups is 1. The summed E-state index contributed by atoms with van der Waals surface area (Å²) >= 11 is 0. The molecule has 15 heavy (non-hydrogen) atoms. The summed E-state index contributed by atoms with van der Waals surface area (Å²) in [4.78, 5) is 11.3. The molecule has 0 rings (SSSR count). The molecule has 0 amide bonds. The van der Waals surface area contributed by atoms with Crippen LogP contribution < -0.4 is 5.32 Å². The Morgan fingerprint density at radius 1 is 1.40 bits per heavy atom. The lowest BCUT2D eigenvalue weighted by Gasteiger charge is -2.22. The maximum atomic E-state index is 11.3. The van der Waals surface area contributed by atoms with Gasteiger partial charge in [0.2, 0.25) is 0 Å². The predicted molar refractivity (Wildman–Crippen MR) is 62.8 cm³/mol. The summed E-state index contributed by atoms with van der Waals surface area (Å²) in [7, 11) is 1.91. The molecular weight excluding hydrogens is 190 g/mol. The molecule has 0 aliphatic carbocycles. The van der Waals surface area contributed by atoms with Crippen molar-refractivity contribution in [3.63, 3.8) is 0 Å². The van der Waals surface area contributed by atoms with E-state index in [0.29, 0.717) is 18.9 Å². The van der Waals surface area contributed by atoms with Gasteiger partial charge in [-0.3, -0.25) is 4.79 Å². The second-order valence-corrected chi connectivity index (χ2v) is 4.02. The molecule has 0 radical (unpaired) electrons. The van der Waals surface area contributed by atoms with Crippen LogP contribution in [0, 0.1) is 5.92 Å². The zero-order chi connectivity index (χ0) is 11.7. The number of ether oxygens (including phenoxy) is 1. The van der Waals surface area contributed by atoms with Crippen LogP contribution in [0.2, 0.25) is 0 Å². The minimum Gasteiger partial charge on any atom is -0.466 e. The Kier molecular flexibility index (Phi) is 8.38. The molecule has 1 N–H and O–H groups in total. The summed E-state index contributed by atoms with van der Waals surface area (Å²) in [5.41, 5.74) is 0. The van der Waals surface area contributed by atoms with Gasteiger partial charge < -0.3 is 10.1 Å². The van der Waals surface area contributed by atoms with Gasteiger partial charge in [0.15, 0.2) is 0 Å². The van der Waals surface area contributed by atoms with Crippen molar-refractivity contribution in [3.05, 3.63) is 0 Å². The Labute approximate surface area is 93.6 Å². The zero-order valence-electron chi connectivity index (χ0n) is 10.5. The molecule has 3 heteroatoms. The Bertz CT molecular complexity index is 171. The van der Waals surface area contributed by atoms with Gasteiger partial charge in [-0.15, -0.1) is 0 Å². The predicted octanol–water partition coefficient (Wildman–Crippen LogP) is 2.35.